The Hall–Kier alpha value is -2.15. The molecule has 1 unspecified atom stereocenters. The monoisotopic (exact) mass is 372 g/mol. The quantitative estimate of drug-likeness (QED) is 0.669. The molecule has 0 radical (unpaired) electrons. The zero-order valence-corrected chi connectivity index (χ0v) is 15.8. The molecule has 2 aromatic carbocycles. The van der Waals surface area contributed by atoms with Gasteiger partial charge in [-0.15, -0.1) is 0 Å². The van der Waals surface area contributed by atoms with E-state index in [-0.39, 0.29) is 11.4 Å². The van der Waals surface area contributed by atoms with Gasteiger partial charge in [0.25, 0.3) is 0 Å². The van der Waals surface area contributed by atoms with E-state index in [2.05, 4.69) is 11.6 Å². The van der Waals surface area contributed by atoms with Gasteiger partial charge in [-0.25, -0.2) is 13.1 Å². The summed E-state index contributed by atoms with van der Waals surface area (Å²) in [7, 11) is -1.69. The van der Waals surface area contributed by atoms with Crippen LogP contribution in [-0.4, -0.2) is 24.6 Å². The Labute approximate surface area is 154 Å². The highest BCUT2D eigenvalue weighted by Crippen LogP contribution is 2.21. The molecule has 1 aromatic heterocycles. The molecule has 0 amide bonds. The topological polar surface area (TPSA) is 71.3 Å². The lowest BCUT2D eigenvalue weighted by molar-refractivity contribution is 0.182. The SMILES string of the molecule is CCCc1ccc(S(=O)(=O)NCC(O)c2ccc3c(ccn3C)c2)cc1. The Balaban J connectivity index is 1.69. The predicted molar refractivity (Wildman–Crippen MR) is 104 cm³/mol. The van der Waals surface area contributed by atoms with Gasteiger partial charge in [0, 0.05) is 25.3 Å². The normalized spacial score (nSPS) is 13.2. The van der Waals surface area contributed by atoms with E-state index in [0.29, 0.717) is 5.56 Å². The molecule has 0 spiro atoms. The number of aryl methyl sites for hydroxylation is 2. The fourth-order valence-corrected chi connectivity index (χ4v) is 4.06. The van der Waals surface area contributed by atoms with Crippen molar-refractivity contribution in [2.75, 3.05) is 6.54 Å². The summed E-state index contributed by atoms with van der Waals surface area (Å²) >= 11 is 0. The Morgan fingerprint density at radius 2 is 1.85 bits per heavy atom. The van der Waals surface area contributed by atoms with Crippen LogP contribution in [0.1, 0.15) is 30.6 Å². The Kier molecular flexibility index (Phi) is 5.46. The van der Waals surface area contributed by atoms with Gasteiger partial charge in [-0.2, -0.15) is 0 Å². The molecule has 1 atom stereocenters. The second-order valence-electron chi connectivity index (χ2n) is 6.51. The van der Waals surface area contributed by atoms with Gasteiger partial charge in [0.15, 0.2) is 0 Å². The number of aliphatic hydroxyl groups is 1. The fraction of sp³-hybridized carbons (Fsp3) is 0.300. The van der Waals surface area contributed by atoms with E-state index in [1.54, 1.807) is 12.1 Å². The van der Waals surface area contributed by atoms with Crippen molar-refractivity contribution in [3.63, 3.8) is 0 Å². The van der Waals surface area contributed by atoms with E-state index in [1.165, 1.54) is 0 Å². The molecule has 0 fully saturated rings. The maximum absolute atomic E-state index is 12.4. The summed E-state index contributed by atoms with van der Waals surface area (Å²) in [5.41, 5.74) is 2.86. The van der Waals surface area contributed by atoms with Crippen LogP contribution in [0, 0.1) is 0 Å². The molecule has 0 aliphatic carbocycles. The van der Waals surface area contributed by atoms with E-state index in [1.807, 2.05) is 54.2 Å². The fourth-order valence-electron chi connectivity index (χ4n) is 3.02. The van der Waals surface area contributed by atoms with Crippen LogP contribution in [0.3, 0.4) is 0 Å². The van der Waals surface area contributed by atoms with E-state index >= 15 is 0 Å². The zero-order valence-electron chi connectivity index (χ0n) is 15.0. The minimum absolute atomic E-state index is 0.0720. The highest BCUT2D eigenvalue weighted by molar-refractivity contribution is 7.89. The Bertz CT molecular complexity index is 992. The smallest absolute Gasteiger partial charge is 0.240 e. The second kappa shape index (κ2) is 7.61. The van der Waals surface area contributed by atoms with E-state index in [4.69, 9.17) is 0 Å². The maximum Gasteiger partial charge on any atom is 0.240 e. The summed E-state index contributed by atoms with van der Waals surface area (Å²) < 4.78 is 29.3. The van der Waals surface area contributed by atoms with Crippen LogP contribution in [-0.2, 0) is 23.5 Å². The molecular formula is C20H24N2O3S. The van der Waals surface area contributed by atoms with Crippen molar-refractivity contribution in [2.24, 2.45) is 7.05 Å². The molecule has 2 N–H and O–H groups in total. The number of fused-ring (bicyclic) bond motifs is 1. The van der Waals surface area contributed by atoms with E-state index in [9.17, 15) is 13.5 Å². The molecule has 5 nitrogen and oxygen atoms in total. The van der Waals surface area contributed by atoms with Gasteiger partial charge in [-0.3, -0.25) is 0 Å². The third-order valence-corrected chi connectivity index (χ3v) is 5.97. The highest BCUT2D eigenvalue weighted by atomic mass is 32.2. The van der Waals surface area contributed by atoms with Crippen molar-refractivity contribution in [3.8, 4) is 0 Å². The van der Waals surface area contributed by atoms with Gasteiger partial charge >= 0.3 is 0 Å². The van der Waals surface area contributed by atoms with Crippen LogP contribution in [0.25, 0.3) is 10.9 Å². The minimum atomic E-state index is -3.65. The molecule has 26 heavy (non-hydrogen) atoms. The van der Waals surface area contributed by atoms with Crippen molar-refractivity contribution in [3.05, 3.63) is 65.9 Å². The third kappa shape index (κ3) is 3.98. The Morgan fingerprint density at radius 1 is 1.12 bits per heavy atom. The molecule has 138 valence electrons. The van der Waals surface area contributed by atoms with Crippen LogP contribution in [0.4, 0.5) is 0 Å². The summed E-state index contributed by atoms with van der Waals surface area (Å²) in [5.74, 6) is 0. The lowest BCUT2D eigenvalue weighted by Crippen LogP contribution is -2.28. The first-order valence-electron chi connectivity index (χ1n) is 8.72. The van der Waals surface area contributed by atoms with Crippen LogP contribution in [0.5, 0.6) is 0 Å². The molecule has 3 aromatic rings. The number of hydrogen-bond acceptors (Lipinski definition) is 3. The summed E-state index contributed by atoms with van der Waals surface area (Å²) in [4.78, 5) is 0.211. The average molecular weight is 372 g/mol. The molecule has 0 aliphatic heterocycles. The number of nitrogens with one attached hydrogen (secondary N) is 1. The van der Waals surface area contributed by atoms with Gasteiger partial charge in [-0.1, -0.05) is 31.5 Å². The second-order valence-corrected chi connectivity index (χ2v) is 8.27. The van der Waals surface area contributed by atoms with Crippen LogP contribution in [0.15, 0.2) is 59.6 Å². The van der Waals surface area contributed by atoms with Crippen molar-refractivity contribution >= 4 is 20.9 Å². The number of hydrogen-bond donors (Lipinski definition) is 2. The highest BCUT2D eigenvalue weighted by Gasteiger charge is 2.17. The first kappa shape index (κ1) is 18.6. The van der Waals surface area contributed by atoms with Gasteiger partial charge in [-0.05, 0) is 53.3 Å². The summed E-state index contributed by atoms with van der Waals surface area (Å²) in [5, 5.41) is 11.4. The van der Waals surface area contributed by atoms with Crippen LogP contribution in [0.2, 0.25) is 0 Å². The van der Waals surface area contributed by atoms with Crippen LogP contribution < -0.4 is 4.72 Å². The molecule has 0 saturated carbocycles. The maximum atomic E-state index is 12.4. The number of aromatic nitrogens is 1. The van der Waals surface area contributed by atoms with E-state index < -0.39 is 16.1 Å². The molecule has 1 heterocycles. The minimum Gasteiger partial charge on any atom is -0.387 e. The molecule has 0 saturated heterocycles. The number of benzene rings is 2. The molecule has 0 aliphatic rings. The number of nitrogens with zero attached hydrogens (tertiary/aromatic N) is 1. The van der Waals surface area contributed by atoms with E-state index in [0.717, 1.165) is 29.3 Å². The van der Waals surface area contributed by atoms with Crippen molar-refractivity contribution < 1.29 is 13.5 Å². The molecular weight excluding hydrogens is 348 g/mol. The largest absolute Gasteiger partial charge is 0.387 e. The first-order chi connectivity index (χ1) is 12.4. The van der Waals surface area contributed by atoms with Gasteiger partial charge in [0.2, 0.25) is 10.0 Å². The summed E-state index contributed by atoms with van der Waals surface area (Å²) in [6.07, 6.45) is 2.98. The summed E-state index contributed by atoms with van der Waals surface area (Å²) in [6, 6.07) is 14.5. The zero-order chi connectivity index (χ0) is 18.7. The number of aliphatic hydroxyl groups excluding tert-OH is 1. The van der Waals surface area contributed by atoms with Crippen molar-refractivity contribution in [1.29, 1.82) is 0 Å². The predicted octanol–water partition coefficient (Wildman–Crippen LogP) is 3.14. The molecule has 3 rings (SSSR count). The van der Waals surface area contributed by atoms with Gasteiger partial charge in [0.05, 0.1) is 11.0 Å². The Morgan fingerprint density at radius 3 is 2.54 bits per heavy atom. The lowest BCUT2D eigenvalue weighted by Gasteiger charge is -2.13. The standard InChI is InChI=1S/C20H24N2O3S/c1-3-4-15-5-8-18(9-6-15)26(24,25)21-14-20(23)17-7-10-19-16(13-17)11-12-22(19)2/h5-13,20-21,23H,3-4,14H2,1-2H3. The van der Waals surface area contributed by atoms with Crippen molar-refractivity contribution in [2.45, 2.75) is 30.8 Å². The lowest BCUT2D eigenvalue weighted by atomic mass is 10.1. The molecule has 0 bridgehead atoms. The van der Waals surface area contributed by atoms with Gasteiger partial charge in [0.1, 0.15) is 0 Å². The van der Waals surface area contributed by atoms with Gasteiger partial charge < -0.3 is 9.67 Å². The molecule has 6 heteroatoms. The average Bonchev–Trinajstić information content (AvgIpc) is 3.01. The van der Waals surface area contributed by atoms with Crippen molar-refractivity contribution in [1.82, 2.24) is 9.29 Å². The third-order valence-electron chi connectivity index (χ3n) is 4.53. The summed E-state index contributed by atoms with van der Waals surface area (Å²) in [6.45, 7) is 2.01. The number of sulfonamides is 1. The van der Waals surface area contributed by atoms with Crippen LogP contribution >= 0.6 is 0 Å². The number of rotatable bonds is 7. The first-order valence-corrected chi connectivity index (χ1v) is 10.2.